The van der Waals surface area contributed by atoms with Crippen LogP contribution in [0, 0.1) is 0 Å². The van der Waals surface area contributed by atoms with Crippen LogP contribution < -0.4 is 14.2 Å². The van der Waals surface area contributed by atoms with E-state index in [9.17, 15) is 14.4 Å². The molecule has 0 atom stereocenters. The van der Waals surface area contributed by atoms with Crippen molar-refractivity contribution in [2.24, 2.45) is 0 Å². The van der Waals surface area contributed by atoms with Gasteiger partial charge in [0.1, 0.15) is 17.1 Å². The summed E-state index contributed by atoms with van der Waals surface area (Å²) >= 11 is 0. The minimum Gasteiger partial charge on any atom is -0.494 e. The van der Waals surface area contributed by atoms with Crippen LogP contribution in [0.2, 0.25) is 0 Å². The van der Waals surface area contributed by atoms with E-state index in [2.05, 4.69) is 4.98 Å². The fourth-order valence-electron chi connectivity index (χ4n) is 4.53. The highest BCUT2D eigenvalue weighted by molar-refractivity contribution is 6.02. The lowest BCUT2D eigenvalue weighted by Gasteiger charge is -2.26. The molecule has 1 aromatic heterocycles. The first-order chi connectivity index (χ1) is 18.4. The molecule has 8 nitrogen and oxygen atoms in total. The van der Waals surface area contributed by atoms with Crippen molar-refractivity contribution in [3.05, 3.63) is 71.4 Å². The number of nitrogens with zero attached hydrogens (tertiary/aromatic N) is 2. The highest BCUT2D eigenvalue weighted by Gasteiger charge is 2.20. The van der Waals surface area contributed by atoms with Crippen molar-refractivity contribution < 1.29 is 28.6 Å². The van der Waals surface area contributed by atoms with E-state index in [1.54, 1.807) is 42.5 Å². The quantitative estimate of drug-likeness (QED) is 0.340. The number of methoxy groups -OCH3 is 3. The van der Waals surface area contributed by atoms with E-state index in [0.29, 0.717) is 34.1 Å². The van der Waals surface area contributed by atoms with E-state index in [1.807, 2.05) is 17.0 Å². The number of pyridine rings is 1. The summed E-state index contributed by atoms with van der Waals surface area (Å²) in [7, 11) is 4.57. The van der Waals surface area contributed by atoms with Gasteiger partial charge in [0.05, 0.1) is 21.3 Å². The van der Waals surface area contributed by atoms with Crippen LogP contribution in [0.5, 0.6) is 17.2 Å². The fourth-order valence-corrected chi connectivity index (χ4v) is 4.53. The molecule has 1 amide bonds. The minimum atomic E-state index is -0.250. The number of amides is 1. The summed E-state index contributed by atoms with van der Waals surface area (Å²) in [5, 5.41) is 0. The topological polar surface area (TPSA) is 95.0 Å². The molecule has 1 saturated heterocycles. The van der Waals surface area contributed by atoms with E-state index in [4.69, 9.17) is 14.2 Å². The monoisotopic (exact) mass is 516 g/mol. The number of benzene rings is 2. The lowest BCUT2D eigenvalue weighted by molar-refractivity contribution is 0.0724. The molecule has 0 spiro atoms. The molecule has 1 aliphatic heterocycles. The molecule has 0 saturated carbocycles. The number of aromatic nitrogens is 1. The maximum Gasteiger partial charge on any atom is 0.253 e. The van der Waals surface area contributed by atoms with Crippen molar-refractivity contribution in [3.8, 4) is 28.5 Å². The van der Waals surface area contributed by atoms with Crippen LogP contribution in [0.15, 0.2) is 54.6 Å². The molecule has 8 heteroatoms. The number of hydrogen-bond acceptors (Lipinski definition) is 7. The van der Waals surface area contributed by atoms with Gasteiger partial charge in [0.15, 0.2) is 23.1 Å². The van der Waals surface area contributed by atoms with E-state index in [1.165, 1.54) is 21.3 Å². The lowest BCUT2D eigenvalue weighted by Crippen LogP contribution is -2.35. The second kappa shape index (κ2) is 12.4. The van der Waals surface area contributed by atoms with Crippen molar-refractivity contribution in [3.63, 3.8) is 0 Å². The van der Waals surface area contributed by atoms with Crippen LogP contribution in [-0.4, -0.2) is 61.8 Å². The Balaban J connectivity index is 1.47. The normalized spacial score (nSPS) is 13.1. The third-order valence-electron chi connectivity index (χ3n) is 6.70. The molecule has 0 unspecified atom stereocenters. The van der Waals surface area contributed by atoms with Crippen LogP contribution in [-0.2, 0) is 0 Å². The fraction of sp³-hybridized carbons (Fsp3) is 0.333. The van der Waals surface area contributed by atoms with Gasteiger partial charge in [-0.3, -0.25) is 14.4 Å². The Morgan fingerprint density at radius 3 is 1.97 bits per heavy atom. The number of rotatable bonds is 10. The maximum atomic E-state index is 13.0. The van der Waals surface area contributed by atoms with E-state index >= 15 is 0 Å². The second-order valence-corrected chi connectivity index (χ2v) is 9.09. The van der Waals surface area contributed by atoms with E-state index < -0.39 is 0 Å². The molecule has 0 N–H and O–H groups in total. The average molecular weight is 517 g/mol. The predicted molar refractivity (Wildman–Crippen MR) is 143 cm³/mol. The summed E-state index contributed by atoms with van der Waals surface area (Å²) in [5.41, 5.74) is 2.54. The highest BCUT2D eigenvalue weighted by Crippen LogP contribution is 2.30. The average Bonchev–Trinajstić information content (AvgIpc) is 2.99. The van der Waals surface area contributed by atoms with Crippen molar-refractivity contribution in [1.82, 2.24) is 9.88 Å². The van der Waals surface area contributed by atoms with Crippen molar-refractivity contribution in [1.29, 1.82) is 0 Å². The zero-order chi connectivity index (χ0) is 27.1. The molecule has 0 bridgehead atoms. The maximum absolute atomic E-state index is 13.0. The first kappa shape index (κ1) is 26.9. The summed E-state index contributed by atoms with van der Waals surface area (Å²) in [6, 6.07) is 15.4. The number of ketones is 2. The molecule has 1 aliphatic rings. The second-order valence-electron chi connectivity index (χ2n) is 9.09. The molecular weight excluding hydrogens is 484 g/mol. The third-order valence-corrected chi connectivity index (χ3v) is 6.70. The predicted octanol–water partition coefficient (Wildman–Crippen LogP) is 5.25. The van der Waals surface area contributed by atoms with Crippen LogP contribution in [0.4, 0.5) is 0 Å². The van der Waals surface area contributed by atoms with Gasteiger partial charge in [0, 0.05) is 42.6 Å². The lowest BCUT2D eigenvalue weighted by atomic mass is 10.0. The molecule has 1 fully saturated rings. The molecule has 38 heavy (non-hydrogen) atoms. The molecule has 3 aromatic rings. The van der Waals surface area contributed by atoms with Crippen molar-refractivity contribution in [2.75, 3.05) is 34.4 Å². The van der Waals surface area contributed by atoms with Crippen LogP contribution in [0.1, 0.15) is 63.3 Å². The Morgan fingerprint density at radius 1 is 0.711 bits per heavy atom. The van der Waals surface area contributed by atoms with E-state index in [0.717, 1.165) is 37.9 Å². The molecular formula is C30H32N2O6. The molecule has 0 aliphatic carbocycles. The minimum absolute atomic E-state index is 0.00915. The SMILES string of the molecule is COc1ccc(C(=O)CCC(=O)c2ccc(OC)c(-c3ccc(C(=O)N4CCCCC4)cc3)n2)cc1OC. The van der Waals surface area contributed by atoms with Gasteiger partial charge in [-0.1, -0.05) is 12.1 Å². The van der Waals surface area contributed by atoms with Gasteiger partial charge in [-0.05, 0) is 61.7 Å². The Labute approximate surface area is 222 Å². The zero-order valence-electron chi connectivity index (χ0n) is 22.0. The molecule has 0 radical (unpaired) electrons. The van der Waals surface area contributed by atoms with Crippen LogP contribution in [0.3, 0.4) is 0 Å². The molecule has 2 aromatic carbocycles. The Morgan fingerprint density at radius 2 is 1.32 bits per heavy atom. The smallest absolute Gasteiger partial charge is 0.253 e. The summed E-state index contributed by atoms with van der Waals surface area (Å²) in [6.45, 7) is 1.57. The first-order valence-electron chi connectivity index (χ1n) is 12.7. The summed E-state index contributed by atoms with van der Waals surface area (Å²) in [5.74, 6) is 1.09. The number of carbonyl (C=O) groups excluding carboxylic acids is 3. The Kier molecular flexibility index (Phi) is 8.73. The number of likely N-dealkylation sites (tertiary alicyclic amines) is 1. The Hall–Kier alpha value is -4.20. The molecule has 198 valence electrons. The third kappa shape index (κ3) is 6.02. The van der Waals surface area contributed by atoms with Gasteiger partial charge < -0.3 is 19.1 Å². The number of ether oxygens (including phenoxy) is 3. The number of carbonyl (C=O) groups is 3. The summed E-state index contributed by atoms with van der Waals surface area (Å²) in [6.07, 6.45) is 3.27. The van der Waals surface area contributed by atoms with Gasteiger partial charge in [-0.2, -0.15) is 0 Å². The standard InChI is InChI=1S/C30H32N2O6/c1-36-26-15-11-22(19-28(26)38-3)24(33)13-14-25(34)23-12-16-27(37-2)29(31-23)20-7-9-21(10-8-20)30(35)32-17-5-4-6-18-32/h7-12,15-16,19H,4-6,13-14,17-18H2,1-3H3. The largest absolute Gasteiger partial charge is 0.494 e. The van der Waals surface area contributed by atoms with Gasteiger partial charge in [0.2, 0.25) is 0 Å². The van der Waals surface area contributed by atoms with Gasteiger partial charge >= 0.3 is 0 Å². The summed E-state index contributed by atoms with van der Waals surface area (Å²) in [4.78, 5) is 44.9. The van der Waals surface area contributed by atoms with Gasteiger partial charge in [-0.15, -0.1) is 0 Å². The Bertz CT molecular complexity index is 1310. The van der Waals surface area contributed by atoms with Gasteiger partial charge in [-0.25, -0.2) is 4.98 Å². The first-order valence-corrected chi connectivity index (χ1v) is 12.7. The number of piperidine rings is 1. The number of Topliss-reactive ketones (excluding diaryl/α,β-unsaturated/α-hetero) is 2. The van der Waals surface area contributed by atoms with E-state index in [-0.39, 0.29) is 36.0 Å². The highest BCUT2D eigenvalue weighted by atomic mass is 16.5. The molecule has 2 heterocycles. The van der Waals surface area contributed by atoms with Crippen molar-refractivity contribution >= 4 is 17.5 Å². The van der Waals surface area contributed by atoms with Crippen molar-refractivity contribution in [2.45, 2.75) is 32.1 Å². The summed E-state index contributed by atoms with van der Waals surface area (Å²) < 4.78 is 16.0. The number of hydrogen-bond donors (Lipinski definition) is 0. The zero-order valence-corrected chi connectivity index (χ0v) is 22.0. The van der Waals surface area contributed by atoms with Crippen LogP contribution in [0.25, 0.3) is 11.3 Å². The molecule has 4 rings (SSSR count). The van der Waals surface area contributed by atoms with Gasteiger partial charge in [0.25, 0.3) is 5.91 Å². The van der Waals surface area contributed by atoms with Crippen LogP contribution >= 0.6 is 0 Å².